The molecule has 0 unspecified atom stereocenters. The Morgan fingerprint density at radius 3 is 2.72 bits per heavy atom. The van der Waals surface area contributed by atoms with Crippen molar-refractivity contribution >= 4 is 44.4 Å². The maximum Gasteiger partial charge on any atom is 0.0965 e. The number of halogens is 1. The van der Waals surface area contributed by atoms with E-state index in [0.717, 1.165) is 32.8 Å². The molecule has 0 aliphatic rings. The van der Waals surface area contributed by atoms with Crippen LogP contribution in [0.15, 0.2) is 48.5 Å². The first-order valence-electron chi connectivity index (χ1n) is 5.78. The second-order valence-corrected chi connectivity index (χ2v) is 4.77. The van der Waals surface area contributed by atoms with Crippen LogP contribution in [0, 0.1) is 0 Å². The molecule has 86 valence electrons. The van der Waals surface area contributed by atoms with Crippen molar-refractivity contribution in [1.82, 2.24) is 9.97 Å². The molecule has 4 rings (SSSR count). The maximum atomic E-state index is 6.20. The molecule has 4 aromatic rings. The molecule has 2 heterocycles. The van der Waals surface area contributed by atoms with Crippen LogP contribution in [0.3, 0.4) is 0 Å². The van der Waals surface area contributed by atoms with Gasteiger partial charge in [-0.1, -0.05) is 41.9 Å². The summed E-state index contributed by atoms with van der Waals surface area (Å²) in [6, 6.07) is 16.1. The van der Waals surface area contributed by atoms with E-state index in [0.29, 0.717) is 5.02 Å². The number of pyridine rings is 1. The van der Waals surface area contributed by atoms with Gasteiger partial charge < -0.3 is 4.98 Å². The SMILES string of the molecule is Clc1cccc2cc3[nH]c4ccccc4c3nc12. The van der Waals surface area contributed by atoms with E-state index in [4.69, 9.17) is 16.6 Å². The number of benzene rings is 2. The van der Waals surface area contributed by atoms with Crippen LogP contribution in [0.5, 0.6) is 0 Å². The molecule has 0 amide bonds. The van der Waals surface area contributed by atoms with Crippen LogP contribution in [0.2, 0.25) is 5.02 Å². The number of aromatic nitrogens is 2. The monoisotopic (exact) mass is 252 g/mol. The molecule has 0 bridgehead atoms. The van der Waals surface area contributed by atoms with Gasteiger partial charge in [-0.15, -0.1) is 0 Å². The Hall–Kier alpha value is -2.06. The third-order valence-corrected chi connectivity index (χ3v) is 3.55. The number of fused-ring (bicyclic) bond motifs is 4. The molecule has 1 N–H and O–H groups in total. The lowest BCUT2D eigenvalue weighted by Crippen LogP contribution is -1.81. The number of hydrogen-bond acceptors (Lipinski definition) is 1. The molecule has 2 aromatic carbocycles. The maximum absolute atomic E-state index is 6.20. The predicted molar refractivity (Wildman–Crippen MR) is 76.1 cm³/mol. The summed E-state index contributed by atoms with van der Waals surface area (Å²) < 4.78 is 0. The smallest absolute Gasteiger partial charge is 0.0965 e. The van der Waals surface area contributed by atoms with Crippen LogP contribution in [0.25, 0.3) is 32.8 Å². The molecular formula is C15H9ClN2. The molecule has 0 spiro atoms. The van der Waals surface area contributed by atoms with E-state index in [1.165, 1.54) is 0 Å². The van der Waals surface area contributed by atoms with Crippen LogP contribution in [0.4, 0.5) is 0 Å². The first-order chi connectivity index (χ1) is 8.83. The second kappa shape index (κ2) is 3.47. The minimum Gasteiger partial charge on any atom is -0.353 e. The number of nitrogens with one attached hydrogen (secondary N) is 1. The van der Waals surface area contributed by atoms with Gasteiger partial charge in [-0.05, 0) is 18.2 Å². The Bertz CT molecular complexity index is 893. The first-order valence-corrected chi connectivity index (χ1v) is 6.16. The molecule has 18 heavy (non-hydrogen) atoms. The Morgan fingerprint density at radius 1 is 0.889 bits per heavy atom. The molecule has 2 nitrogen and oxygen atoms in total. The largest absolute Gasteiger partial charge is 0.353 e. The lowest BCUT2D eigenvalue weighted by molar-refractivity contribution is 1.49. The highest BCUT2D eigenvalue weighted by molar-refractivity contribution is 6.35. The highest BCUT2D eigenvalue weighted by Gasteiger charge is 2.08. The Labute approximate surface area is 108 Å². The fourth-order valence-corrected chi connectivity index (χ4v) is 2.63. The van der Waals surface area contributed by atoms with E-state index < -0.39 is 0 Å². The molecule has 0 atom stereocenters. The number of para-hydroxylation sites is 2. The number of rotatable bonds is 0. The van der Waals surface area contributed by atoms with E-state index in [-0.39, 0.29) is 0 Å². The fourth-order valence-electron chi connectivity index (χ4n) is 2.41. The third kappa shape index (κ3) is 1.27. The van der Waals surface area contributed by atoms with Crippen LogP contribution in [-0.4, -0.2) is 9.97 Å². The van der Waals surface area contributed by atoms with Gasteiger partial charge in [-0.2, -0.15) is 0 Å². The van der Waals surface area contributed by atoms with Gasteiger partial charge in [0.25, 0.3) is 0 Å². The summed E-state index contributed by atoms with van der Waals surface area (Å²) in [7, 11) is 0. The molecule has 0 aliphatic carbocycles. The number of aromatic amines is 1. The zero-order chi connectivity index (χ0) is 12.1. The van der Waals surface area contributed by atoms with Crippen molar-refractivity contribution in [3.8, 4) is 0 Å². The van der Waals surface area contributed by atoms with Gasteiger partial charge >= 0.3 is 0 Å². The average molecular weight is 253 g/mol. The molecule has 0 radical (unpaired) electrons. The predicted octanol–water partition coefficient (Wildman–Crippen LogP) is 4.52. The lowest BCUT2D eigenvalue weighted by Gasteiger charge is -1.99. The molecule has 0 saturated heterocycles. The topological polar surface area (TPSA) is 28.7 Å². The van der Waals surface area contributed by atoms with E-state index in [1.807, 2.05) is 30.3 Å². The van der Waals surface area contributed by atoms with Gasteiger partial charge in [-0.3, -0.25) is 0 Å². The summed E-state index contributed by atoms with van der Waals surface area (Å²) in [6.45, 7) is 0. The molecule has 0 fully saturated rings. The van der Waals surface area contributed by atoms with Crippen molar-refractivity contribution in [2.75, 3.05) is 0 Å². The van der Waals surface area contributed by atoms with Crippen LogP contribution in [0.1, 0.15) is 0 Å². The van der Waals surface area contributed by atoms with Crippen LogP contribution in [-0.2, 0) is 0 Å². The zero-order valence-corrected chi connectivity index (χ0v) is 10.2. The summed E-state index contributed by atoms with van der Waals surface area (Å²) in [5.74, 6) is 0. The van der Waals surface area contributed by atoms with E-state index in [2.05, 4.69) is 23.2 Å². The van der Waals surface area contributed by atoms with Crippen LogP contribution >= 0.6 is 11.6 Å². The standard InChI is InChI=1S/C15H9ClN2/c16-11-6-3-4-9-8-13-15(18-14(9)11)10-5-1-2-7-12(10)17-13/h1-8,17H. The first kappa shape index (κ1) is 9.92. The van der Waals surface area contributed by atoms with Gasteiger partial charge in [0.1, 0.15) is 0 Å². The Balaban J connectivity index is 2.28. The molecular weight excluding hydrogens is 244 g/mol. The van der Waals surface area contributed by atoms with Gasteiger partial charge in [0.05, 0.1) is 21.6 Å². The fraction of sp³-hybridized carbons (Fsp3) is 0. The van der Waals surface area contributed by atoms with Crippen molar-refractivity contribution in [2.45, 2.75) is 0 Å². The van der Waals surface area contributed by atoms with Crippen molar-refractivity contribution in [3.63, 3.8) is 0 Å². The summed E-state index contributed by atoms with van der Waals surface area (Å²) >= 11 is 6.20. The van der Waals surface area contributed by atoms with E-state index >= 15 is 0 Å². The van der Waals surface area contributed by atoms with Crippen LogP contribution < -0.4 is 0 Å². The van der Waals surface area contributed by atoms with Crippen molar-refractivity contribution in [1.29, 1.82) is 0 Å². The quantitative estimate of drug-likeness (QED) is 0.490. The highest BCUT2D eigenvalue weighted by atomic mass is 35.5. The highest BCUT2D eigenvalue weighted by Crippen LogP contribution is 2.29. The number of H-pyrrole nitrogens is 1. The molecule has 0 saturated carbocycles. The van der Waals surface area contributed by atoms with Gasteiger partial charge in [-0.25, -0.2) is 4.98 Å². The zero-order valence-electron chi connectivity index (χ0n) is 9.44. The summed E-state index contributed by atoms with van der Waals surface area (Å²) in [4.78, 5) is 8.09. The van der Waals surface area contributed by atoms with Gasteiger partial charge in [0, 0.05) is 16.3 Å². The van der Waals surface area contributed by atoms with E-state index in [9.17, 15) is 0 Å². The average Bonchev–Trinajstić information content (AvgIpc) is 2.75. The minimum atomic E-state index is 0.694. The summed E-state index contributed by atoms with van der Waals surface area (Å²) in [5.41, 5.74) is 3.99. The third-order valence-electron chi connectivity index (χ3n) is 3.25. The Kier molecular flexibility index (Phi) is 1.91. The van der Waals surface area contributed by atoms with Crippen molar-refractivity contribution in [3.05, 3.63) is 53.6 Å². The van der Waals surface area contributed by atoms with Crippen molar-refractivity contribution < 1.29 is 0 Å². The molecule has 0 aliphatic heterocycles. The molecule has 2 aromatic heterocycles. The number of nitrogens with zero attached hydrogens (tertiary/aromatic N) is 1. The minimum absolute atomic E-state index is 0.694. The lowest BCUT2D eigenvalue weighted by atomic mass is 10.2. The van der Waals surface area contributed by atoms with Gasteiger partial charge in [0.2, 0.25) is 0 Å². The van der Waals surface area contributed by atoms with E-state index in [1.54, 1.807) is 0 Å². The normalized spacial score (nSPS) is 11.6. The molecule has 3 heteroatoms. The second-order valence-electron chi connectivity index (χ2n) is 4.37. The summed E-state index contributed by atoms with van der Waals surface area (Å²) in [6.07, 6.45) is 0. The summed E-state index contributed by atoms with van der Waals surface area (Å²) in [5, 5.41) is 2.88. The Morgan fingerprint density at radius 2 is 1.78 bits per heavy atom. The van der Waals surface area contributed by atoms with Gasteiger partial charge in [0.15, 0.2) is 0 Å². The number of hydrogen-bond donors (Lipinski definition) is 1. The van der Waals surface area contributed by atoms with Crippen molar-refractivity contribution in [2.24, 2.45) is 0 Å².